The van der Waals surface area contributed by atoms with Crippen LogP contribution in [0, 0.1) is 0 Å². The number of aliphatic carboxylic acids is 1. The van der Waals surface area contributed by atoms with E-state index in [0.717, 1.165) is 11.0 Å². The lowest BCUT2D eigenvalue weighted by atomic mass is 10.0. The molecule has 0 aromatic carbocycles. The van der Waals surface area contributed by atoms with Crippen LogP contribution in [0.4, 0.5) is 0 Å². The topological polar surface area (TPSA) is 37.3 Å². The SMILES string of the molecule is CCCCCCCCCCCCCCCC[N+]1(CCC(=O)O)CCCCC1. The van der Waals surface area contributed by atoms with Crippen LogP contribution in [0.15, 0.2) is 0 Å². The Labute approximate surface area is 169 Å². The first kappa shape index (κ1) is 24.5. The molecule has 1 rings (SSSR count). The van der Waals surface area contributed by atoms with E-state index in [-0.39, 0.29) is 0 Å². The molecule has 0 radical (unpaired) electrons. The minimum atomic E-state index is -0.626. The van der Waals surface area contributed by atoms with Crippen LogP contribution in [0.3, 0.4) is 0 Å². The fourth-order valence-corrected chi connectivity index (χ4v) is 4.72. The summed E-state index contributed by atoms with van der Waals surface area (Å²) < 4.78 is 1.09. The van der Waals surface area contributed by atoms with Crippen LogP contribution < -0.4 is 0 Å². The maximum absolute atomic E-state index is 11.0. The van der Waals surface area contributed by atoms with E-state index < -0.39 is 5.97 Å². The van der Waals surface area contributed by atoms with E-state index in [0.29, 0.717) is 6.42 Å². The molecule has 0 spiro atoms. The van der Waals surface area contributed by atoms with Crippen LogP contribution >= 0.6 is 0 Å². The van der Waals surface area contributed by atoms with Gasteiger partial charge in [0, 0.05) is 0 Å². The van der Waals surface area contributed by atoms with E-state index >= 15 is 0 Å². The Morgan fingerprint density at radius 1 is 0.667 bits per heavy atom. The summed E-state index contributed by atoms with van der Waals surface area (Å²) in [5.74, 6) is -0.626. The van der Waals surface area contributed by atoms with E-state index in [1.165, 1.54) is 129 Å². The Hall–Kier alpha value is -0.570. The van der Waals surface area contributed by atoms with Gasteiger partial charge in [-0.05, 0) is 32.1 Å². The summed E-state index contributed by atoms with van der Waals surface area (Å²) in [5, 5.41) is 9.04. The third-order valence-electron chi connectivity index (χ3n) is 6.55. The summed E-state index contributed by atoms with van der Waals surface area (Å²) in [6.07, 6.45) is 23.9. The molecule has 1 aliphatic rings. The molecule has 27 heavy (non-hydrogen) atoms. The number of quaternary nitrogens is 1. The highest BCUT2D eigenvalue weighted by molar-refractivity contribution is 5.66. The van der Waals surface area contributed by atoms with Crippen LogP contribution in [0.25, 0.3) is 0 Å². The lowest BCUT2D eigenvalue weighted by molar-refractivity contribution is -0.932. The van der Waals surface area contributed by atoms with Crippen LogP contribution in [-0.2, 0) is 4.79 Å². The Balaban J connectivity index is 1.94. The van der Waals surface area contributed by atoms with Crippen molar-refractivity contribution in [2.24, 2.45) is 0 Å². The van der Waals surface area contributed by atoms with Gasteiger partial charge >= 0.3 is 5.97 Å². The number of hydrogen-bond donors (Lipinski definition) is 1. The Morgan fingerprint density at radius 3 is 1.56 bits per heavy atom. The predicted molar refractivity (Wildman–Crippen MR) is 116 cm³/mol. The molecule has 160 valence electrons. The molecule has 1 N–H and O–H groups in total. The van der Waals surface area contributed by atoms with Crippen molar-refractivity contribution in [3.63, 3.8) is 0 Å². The molecule has 0 bridgehead atoms. The van der Waals surface area contributed by atoms with Gasteiger partial charge in [-0.3, -0.25) is 4.79 Å². The van der Waals surface area contributed by atoms with Gasteiger partial charge in [0.05, 0.1) is 32.6 Å². The van der Waals surface area contributed by atoms with E-state index in [9.17, 15) is 4.79 Å². The smallest absolute Gasteiger partial charge is 0.309 e. The number of rotatable bonds is 18. The molecule has 0 amide bonds. The predicted octanol–water partition coefficient (Wildman–Crippen LogP) is 6.94. The second-order valence-corrected chi connectivity index (χ2v) is 9.04. The maximum Gasteiger partial charge on any atom is 0.309 e. The summed E-state index contributed by atoms with van der Waals surface area (Å²) in [6, 6.07) is 0. The number of hydrogen-bond acceptors (Lipinski definition) is 1. The van der Waals surface area contributed by atoms with Crippen molar-refractivity contribution in [2.75, 3.05) is 26.2 Å². The minimum absolute atomic E-state index is 0.346. The molecule has 0 saturated carbocycles. The average Bonchev–Trinajstić information content (AvgIpc) is 2.67. The molecule has 3 heteroatoms. The van der Waals surface area contributed by atoms with Gasteiger partial charge in [-0.25, -0.2) is 0 Å². The van der Waals surface area contributed by atoms with Gasteiger partial charge in [-0.15, -0.1) is 0 Å². The summed E-state index contributed by atoms with van der Waals surface area (Å²) >= 11 is 0. The second-order valence-electron chi connectivity index (χ2n) is 9.04. The van der Waals surface area contributed by atoms with Crippen LogP contribution in [0.1, 0.15) is 122 Å². The van der Waals surface area contributed by atoms with Gasteiger partial charge in [0.2, 0.25) is 0 Å². The average molecular weight is 383 g/mol. The lowest BCUT2D eigenvalue weighted by Gasteiger charge is -2.41. The number of carboxylic acid groups (broad SMARTS) is 1. The molecule has 3 nitrogen and oxygen atoms in total. The molecule has 0 aliphatic carbocycles. The first-order chi connectivity index (χ1) is 13.2. The van der Waals surface area contributed by atoms with Gasteiger partial charge < -0.3 is 9.59 Å². The van der Waals surface area contributed by atoms with Crippen LogP contribution in [0.2, 0.25) is 0 Å². The van der Waals surface area contributed by atoms with Gasteiger partial charge in [-0.1, -0.05) is 84.0 Å². The van der Waals surface area contributed by atoms with Crippen molar-refractivity contribution in [2.45, 2.75) is 122 Å². The van der Waals surface area contributed by atoms with Crippen molar-refractivity contribution < 1.29 is 14.4 Å². The first-order valence-corrected chi connectivity index (χ1v) is 12.3. The van der Waals surface area contributed by atoms with Gasteiger partial charge in [0.15, 0.2) is 0 Å². The van der Waals surface area contributed by atoms with Crippen molar-refractivity contribution >= 4 is 5.97 Å². The van der Waals surface area contributed by atoms with Crippen LogP contribution in [-0.4, -0.2) is 41.7 Å². The normalized spacial score (nSPS) is 16.5. The van der Waals surface area contributed by atoms with Crippen molar-refractivity contribution in [3.05, 3.63) is 0 Å². The highest BCUT2D eigenvalue weighted by Gasteiger charge is 2.29. The van der Waals surface area contributed by atoms with Crippen molar-refractivity contribution in [3.8, 4) is 0 Å². The van der Waals surface area contributed by atoms with E-state index in [1.807, 2.05) is 0 Å². The standard InChI is InChI=1S/C24H47NO2/c1-2-3-4-5-6-7-8-9-10-11-12-13-14-16-20-25(23-19-24(26)27)21-17-15-18-22-25/h2-23H2,1H3/p+1. The fourth-order valence-electron chi connectivity index (χ4n) is 4.72. The molecule has 1 heterocycles. The number of unbranched alkanes of at least 4 members (excludes halogenated alkanes) is 13. The Kier molecular flexibility index (Phi) is 14.9. The zero-order valence-corrected chi connectivity index (χ0v) is 18.4. The summed E-state index contributed by atoms with van der Waals surface area (Å²) in [5.41, 5.74) is 0. The van der Waals surface area contributed by atoms with E-state index in [1.54, 1.807) is 0 Å². The number of carbonyl (C=O) groups is 1. The third-order valence-corrected chi connectivity index (χ3v) is 6.55. The van der Waals surface area contributed by atoms with Gasteiger partial charge in [-0.2, -0.15) is 0 Å². The van der Waals surface area contributed by atoms with Crippen molar-refractivity contribution in [1.29, 1.82) is 0 Å². The molecular formula is C24H48NO2+. The van der Waals surface area contributed by atoms with E-state index in [4.69, 9.17) is 5.11 Å². The number of carboxylic acids is 1. The molecule has 1 aliphatic heterocycles. The highest BCUT2D eigenvalue weighted by atomic mass is 16.4. The monoisotopic (exact) mass is 382 g/mol. The summed E-state index contributed by atoms with van der Waals surface area (Å²) in [4.78, 5) is 11.0. The van der Waals surface area contributed by atoms with Gasteiger partial charge in [0.1, 0.15) is 0 Å². The molecule has 0 atom stereocenters. The summed E-state index contributed by atoms with van der Waals surface area (Å²) in [7, 11) is 0. The Morgan fingerprint density at radius 2 is 1.11 bits per heavy atom. The second kappa shape index (κ2) is 16.4. The molecular weight excluding hydrogens is 334 g/mol. The van der Waals surface area contributed by atoms with E-state index in [2.05, 4.69) is 6.92 Å². The Bertz CT molecular complexity index is 350. The number of nitrogens with zero attached hydrogens (tertiary/aromatic N) is 1. The fraction of sp³-hybridized carbons (Fsp3) is 0.958. The summed E-state index contributed by atoms with van der Waals surface area (Å²) in [6.45, 7) is 6.78. The third kappa shape index (κ3) is 13.3. The van der Waals surface area contributed by atoms with Crippen molar-refractivity contribution in [1.82, 2.24) is 0 Å². The lowest BCUT2D eigenvalue weighted by Crippen LogP contribution is -2.53. The molecule has 1 fully saturated rings. The largest absolute Gasteiger partial charge is 0.481 e. The minimum Gasteiger partial charge on any atom is -0.481 e. The highest BCUT2D eigenvalue weighted by Crippen LogP contribution is 2.21. The molecule has 0 unspecified atom stereocenters. The number of likely N-dealkylation sites (tertiary alicyclic amines) is 1. The molecule has 0 aromatic rings. The maximum atomic E-state index is 11.0. The quantitative estimate of drug-likeness (QED) is 0.206. The molecule has 0 aromatic heterocycles. The van der Waals surface area contributed by atoms with Gasteiger partial charge in [0.25, 0.3) is 0 Å². The zero-order chi connectivity index (χ0) is 19.6. The molecule has 1 saturated heterocycles. The first-order valence-electron chi connectivity index (χ1n) is 12.3. The van der Waals surface area contributed by atoms with Crippen LogP contribution in [0.5, 0.6) is 0 Å². The zero-order valence-electron chi connectivity index (χ0n) is 18.4. The number of piperidine rings is 1.